The lowest BCUT2D eigenvalue weighted by molar-refractivity contribution is 0.0523. The molecule has 0 aliphatic rings. The maximum atomic E-state index is 11.5. The number of benzene rings is 1. The Morgan fingerprint density at radius 3 is 2.59 bits per heavy atom. The zero-order chi connectivity index (χ0) is 13.1. The average molecular weight is 459 g/mol. The Morgan fingerprint density at radius 1 is 1.35 bits per heavy atom. The highest BCUT2D eigenvalue weighted by atomic mass is 127. The van der Waals surface area contributed by atoms with E-state index < -0.39 is 5.60 Å². The highest BCUT2D eigenvalue weighted by Gasteiger charge is 2.16. The maximum Gasteiger partial charge on any atom is 0.407 e. The van der Waals surface area contributed by atoms with Crippen LogP contribution < -0.4 is 5.32 Å². The van der Waals surface area contributed by atoms with E-state index >= 15 is 0 Å². The third-order valence-electron chi connectivity index (χ3n) is 1.85. The Bertz CT molecular complexity index is 413. The van der Waals surface area contributed by atoms with Crippen molar-refractivity contribution in [3.05, 3.63) is 30.9 Å². The first-order valence-corrected chi connectivity index (χ1v) is 7.35. The van der Waals surface area contributed by atoms with Gasteiger partial charge in [-0.3, -0.25) is 0 Å². The normalized spacial score (nSPS) is 11.1. The Labute approximate surface area is 129 Å². The average Bonchev–Trinajstić information content (AvgIpc) is 2.18. The zero-order valence-electron chi connectivity index (χ0n) is 10.0. The van der Waals surface area contributed by atoms with Crippen molar-refractivity contribution in [2.24, 2.45) is 0 Å². The van der Waals surface area contributed by atoms with Gasteiger partial charge in [0.2, 0.25) is 0 Å². The van der Waals surface area contributed by atoms with Crippen LogP contribution >= 0.6 is 45.2 Å². The monoisotopic (exact) mass is 459 g/mol. The van der Waals surface area contributed by atoms with Gasteiger partial charge >= 0.3 is 6.09 Å². The highest BCUT2D eigenvalue weighted by Crippen LogP contribution is 2.19. The largest absolute Gasteiger partial charge is 0.444 e. The SMILES string of the molecule is CC(C)(C)OC(=O)NCc1cccc(I)c1I. The molecule has 94 valence electrons. The topological polar surface area (TPSA) is 38.3 Å². The van der Waals surface area contributed by atoms with Crippen LogP contribution in [0.1, 0.15) is 26.3 Å². The lowest BCUT2D eigenvalue weighted by Gasteiger charge is -2.19. The molecular formula is C12H15I2NO2. The molecule has 1 aromatic rings. The smallest absolute Gasteiger partial charge is 0.407 e. The molecule has 17 heavy (non-hydrogen) atoms. The fourth-order valence-corrected chi connectivity index (χ4v) is 2.27. The molecule has 3 nitrogen and oxygen atoms in total. The molecule has 0 heterocycles. The summed E-state index contributed by atoms with van der Waals surface area (Å²) in [6.07, 6.45) is -0.382. The van der Waals surface area contributed by atoms with Gasteiger partial charge in [-0.05, 0) is 77.6 Å². The Balaban J connectivity index is 2.56. The summed E-state index contributed by atoms with van der Waals surface area (Å²) in [5, 5.41) is 2.75. The lowest BCUT2D eigenvalue weighted by atomic mass is 10.2. The van der Waals surface area contributed by atoms with Crippen LogP contribution in [0.2, 0.25) is 0 Å². The van der Waals surface area contributed by atoms with E-state index in [1.807, 2.05) is 39.0 Å². The molecule has 0 radical (unpaired) electrons. The molecule has 5 heteroatoms. The quantitative estimate of drug-likeness (QED) is 0.682. The van der Waals surface area contributed by atoms with Crippen LogP contribution in [0.15, 0.2) is 18.2 Å². The second-order valence-electron chi connectivity index (χ2n) is 4.57. The first kappa shape index (κ1) is 15.0. The number of amides is 1. The number of carbonyl (C=O) groups excluding carboxylic acids is 1. The molecule has 0 aliphatic heterocycles. The van der Waals surface area contributed by atoms with Crippen molar-refractivity contribution in [3.63, 3.8) is 0 Å². The summed E-state index contributed by atoms with van der Waals surface area (Å²) in [7, 11) is 0. The van der Waals surface area contributed by atoms with Gasteiger partial charge in [-0.25, -0.2) is 4.79 Å². The van der Waals surface area contributed by atoms with Gasteiger partial charge in [-0.15, -0.1) is 0 Å². The fraction of sp³-hybridized carbons (Fsp3) is 0.417. The molecule has 0 saturated carbocycles. The first-order chi connectivity index (χ1) is 7.79. The summed E-state index contributed by atoms with van der Waals surface area (Å²) in [4.78, 5) is 11.5. The second kappa shape index (κ2) is 6.21. The van der Waals surface area contributed by atoms with Gasteiger partial charge in [0.05, 0.1) is 0 Å². The highest BCUT2D eigenvalue weighted by molar-refractivity contribution is 14.1. The number of carbonyl (C=O) groups is 1. The molecule has 0 aliphatic carbocycles. The van der Waals surface area contributed by atoms with Crippen molar-refractivity contribution in [2.45, 2.75) is 32.9 Å². The Kier molecular flexibility index (Phi) is 5.49. The van der Waals surface area contributed by atoms with Gasteiger partial charge in [0.15, 0.2) is 0 Å². The molecule has 1 amide bonds. The predicted molar refractivity (Wildman–Crippen MR) is 84.9 cm³/mol. The molecule has 0 spiro atoms. The number of halogens is 2. The molecular weight excluding hydrogens is 444 g/mol. The van der Waals surface area contributed by atoms with Crippen LogP contribution in [0.25, 0.3) is 0 Å². The second-order valence-corrected chi connectivity index (χ2v) is 6.81. The summed E-state index contributed by atoms with van der Waals surface area (Å²) in [5.74, 6) is 0. The van der Waals surface area contributed by atoms with Crippen LogP contribution in [0, 0.1) is 7.14 Å². The van der Waals surface area contributed by atoms with Crippen molar-refractivity contribution < 1.29 is 9.53 Å². The van der Waals surface area contributed by atoms with Crippen molar-refractivity contribution in [1.82, 2.24) is 5.32 Å². The fourth-order valence-electron chi connectivity index (χ4n) is 1.17. The Hall–Kier alpha value is -0.0500. The van der Waals surface area contributed by atoms with Crippen molar-refractivity contribution in [3.8, 4) is 0 Å². The molecule has 0 aromatic heterocycles. The van der Waals surface area contributed by atoms with E-state index in [-0.39, 0.29) is 6.09 Å². The summed E-state index contributed by atoms with van der Waals surface area (Å²) in [6.45, 7) is 6.04. The molecule has 1 aromatic carbocycles. The maximum absolute atomic E-state index is 11.5. The molecule has 0 unspecified atom stereocenters. The first-order valence-electron chi connectivity index (χ1n) is 5.19. The van der Waals surface area contributed by atoms with Crippen molar-refractivity contribution in [2.75, 3.05) is 0 Å². The zero-order valence-corrected chi connectivity index (χ0v) is 14.3. The minimum Gasteiger partial charge on any atom is -0.444 e. The summed E-state index contributed by atoms with van der Waals surface area (Å²) in [6, 6.07) is 6.02. The van der Waals surface area contributed by atoms with Crippen LogP contribution in [0.4, 0.5) is 4.79 Å². The van der Waals surface area contributed by atoms with Gasteiger partial charge in [-0.1, -0.05) is 12.1 Å². The lowest BCUT2D eigenvalue weighted by Crippen LogP contribution is -2.32. The molecule has 0 fully saturated rings. The minimum atomic E-state index is -0.456. The summed E-state index contributed by atoms with van der Waals surface area (Å²) in [5.41, 5.74) is 0.644. The van der Waals surface area contributed by atoms with E-state index in [2.05, 4.69) is 50.5 Å². The van der Waals surface area contributed by atoms with Gasteiger partial charge in [0.1, 0.15) is 5.60 Å². The number of nitrogens with one attached hydrogen (secondary N) is 1. The van der Waals surface area contributed by atoms with Crippen LogP contribution in [-0.2, 0) is 11.3 Å². The third-order valence-corrected chi connectivity index (χ3v) is 5.06. The van der Waals surface area contributed by atoms with Crippen LogP contribution in [-0.4, -0.2) is 11.7 Å². The van der Waals surface area contributed by atoms with Crippen LogP contribution in [0.3, 0.4) is 0 Å². The molecule has 0 saturated heterocycles. The number of alkyl carbamates (subject to hydrolysis) is 1. The predicted octanol–water partition coefficient (Wildman–Crippen LogP) is 3.92. The van der Waals surface area contributed by atoms with E-state index in [9.17, 15) is 4.79 Å². The van der Waals surface area contributed by atoms with E-state index in [1.54, 1.807) is 0 Å². The number of hydrogen-bond acceptors (Lipinski definition) is 2. The van der Waals surface area contributed by atoms with Crippen LogP contribution in [0.5, 0.6) is 0 Å². The van der Waals surface area contributed by atoms with Gasteiger partial charge < -0.3 is 10.1 Å². The molecule has 0 bridgehead atoms. The molecule has 0 atom stereocenters. The van der Waals surface area contributed by atoms with Gasteiger partial charge in [-0.2, -0.15) is 0 Å². The Morgan fingerprint density at radius 2 is 2.00 bits per heavy atom. The van der Waals surface area contributed by atoms with Crippen molar-refractivity contribution in [1.29, 1.82) is 0 Å². The van der Waals surface area contributed by atoms with E-state index in [1.165, 1.54) is 7.14 Å². The van der Waals surface area contributed by atoms with Gasteiger partial charge in [0.25, 0.3) is 0 Å². The minimum absolute atomic E-state index is 0.382. The van der Waals surface area contributed by atoms with Gasteiger partial charge in [0, 0.05) is 13.7 Å². The standard InChI is InChI=1S/C12H15I2NO2/c1-12(2,3)17-11(16)15-7-8-5-4-6-9(13)10(8)14/h4-6H,7H2,1-3H3,(H,15,16). The number of ether oxygens (including phenoxy) is 1. The summed E-state index contributed by atoms with van der Waals surface area (Å²) < 4.78 is 7.53. The molecule has 1 rings (SSSR count). The third kappa shape index (κ3) is 5.41. The van der Waals surface area contributed by atoms with Crippen molar-refractivity contribution >= 4 is 51.3 Å². The van der Waals surface area contributed by atoms with E-state index in [0.29, 0.717) is 6.54 Å². The van der Waals surface area contributed by atoms with E-state index in [4.69, 9.17) is 4.74 Å². The number of rotatable bonds is 2. The number of hydrogen-bond donors (Lipinski definition) is 1. The molecule has 1 N–H and O–H groups in total. The van der Waals surface area contributed by atoms with E-state index in [0.717, 1.165) is 5.56 Å². The summed E-state index contributed by atoms with van der Waals surface area (Å²) >= 11 is 4.56.